The van der Waals surface area contributed by atoms with Crippen LogP contribution >= 0.6 is 15.9 Å². The van der Waals surface area contributed by atoms with Gasteiger partial charge in [0.2, 0.25) is 0 Å². The molecular weight excluding hydrogens is 462 g/mol. The fourth-order valence-corrected chi connectivity index (χ4v) is 2.93. The topological polar surface area (TPSA) is 96.9 Å². The SMILES string of the molecule is O=C(NCc1ccccc1)C(=O)N/N=C/c1ccc(OC(=O)c2ccccc2Br)cc1. The average Bonchev–Trinajstić information content (AvgIpc) is 2.79. The predicted octanol–water partition coefficient (Wildman–Crippen LogP) is 3.43. The Hall–Kier alpha value is -3.78. The Labute approximate surface area is 187 Å². The Balaban J connectivity index is 1.47. The molecule has 0 aliphatic carbocycles. The van der Waals surface area contributed by atoms with Gasteiger partial charge in [0, 0.05) is 11.0 Å². The van der Waals surface area contributed by atoms with Crippen LogP contribution in [0.4, 0.5) is 0 Å². The van der Waals surface area contributed by atoms with Crippen LogP contribution in [0.3, 0.4) is 0 Å². The smallest absolute Gasteiger partial charge is 0.344 e. The Bertz CT molecular complexity index is 1100. The molecule has 0 spiro atoms. The molecule has 0 atom stereocenters. The molecule has 3 aromatic rings. The lowest BCUT2D eigenvalue weighted by atomic mass is 10.2. The lowest BCUT2D eigenvalue weighted by molar-refractivity contribution is -0.139. The van der Waals surface area contributed by atoms with E-state index in [4.69, 9.17) is 4.74 Å². The van der Waals surface area contributed by atoms with Gasteiger partial charge >= 0.3 is 17.8 Å². The van der Waals surface area contributed by atoms with Crippen molar-refractivity contribution in [1.82, 2.24) is 10.7 Å². The molecule has 8 heteroatoms. The molecule has 0 radical (unpaired) electrons. The number of hydrogen-bond acceptors (Lipinski definition) is 5. The molecule has 3 aromatic carbocycles. The summed E-state index contributed by atoms with van der Waals surface area (Å²) in [6.07, 6.45) is 1.38. The molecule has 0 bridgehead atoms. The zero-order valence-corrected chi connectivity index (χ0v) is 17.8. The molecule has 0 aromatic heterocycles. The normalized spacial score (nSPS) is 10.5. The minimum Gasteiger partial charge on any atom is -0.423 e. The maximum Gasteiger partial charge on any atom is 0.344 e. The van der Waals surface area contributed by atoms with Crippen LogP contribution in [-0.2, 0) is 16.1 Å². The number of amides is 2. The van der Waals surface area contributed by atoms with Gasteiger partial charge in [-0.15, -0.1) is 0 Å². The third-order valence-corrected chi connectivity index (χ3v) is 4.76. The van der Waals surface area contributed by atoms with Gasteiger partial charge in [-0.05, 0) is 63.5 Å². The summed E-state index contributed by atoms with van der Waals surface area (Å²) >= 11 is 3.31. The van der Waals surface area contributed by atoms with Crippen LogP contribution in [0.2, 0.25) is 0 Å². The van der Waals surface area contributed by atoms with Gasteiger partial charge in [0.05, 0.1) is 11.8 Å². The van der Waals surface area contributed by atoms with Crippen molar-refractivity contribution in [2.45, 2.75) is 6.54 Å². The maximum atomic E-state index is 12.2. The first kappa shape index (κ1) is 21.9. The number of esters is 1. The van der Waals surface area contributed by atoms with Crippen LogP contribution in [0.15, 0.2) is 88.4 Å². The number of carbonyl (C=O) groups is 3. The molecule has 0 fully saturated rings. The van der Waals surface area contributed by atoms with E-state index < -0.39 is 17.8 Å². The average molecular weight is 480 g/mol. The van der Waals surface area contributed by atoms with Gasteiger partial charge in [0.1, 0.15) is 5.75 Å². The number of benzene rings is 3. The largest absolute Gasteiger partial charge is 0.423 e. The summed E-state index contributed by atoms with van der Waals surface area (Å²) in [4.78, 5) is 35.8. The Morgan fingerprint density at radius 2 is 1.55 bits per heavy atom. The minimum atomic E-state index is -0.869. The molecule has 0 unspecified atom stereocenters. The number of nitrogens with zero attached hydrogens (tertiary/aromatic N) is 1. The van der Waals surface area contributed by atoms with Gasteiger partial charge in [-0.1, -0.05) is 42.5 Å². The van der Waals surface area contributed by atoms with Crippen molar-refractivity contribution >= 4 is 39.9 Å². The standard InChI is InChI=1S/C23H18BrN3O4/c24-20-9-5-4-8-19(20)23(30)31-18-12-10-17(11-13-18)15-26-27-22(29)21(28)25-14-16-6-2-1-3-7-16/h1-13,15H,14H2,(H,25,28)(H,27,29)/b26-15+. The fourth-order valence-electron chi connectivity index (χ4n) is 2.49. The molecule has 0 heterocycles. The number of hydrazone groups is 1. The molecule has 0 aliphatic heterocycles. The van der Waals surface area contributed by atoms with Crippen molar-refractivity contribution in [2.75, 3.05) is 0 Å². The molecule has 0 saturated heterocycles. The number of halogens is 1. The molecule has 2 amide bonds. The van der Waals surface area contributed by atoms with Crippen molar-refractivity contribution in [3.8, 4) is 5.75 Å². The molecule has 156 valence electrons. The van der Waals surface area contributed by atoms with Gasteiger partial charge in [-0.3, -0.25) is 9.59 Å². The molecule has 3 rings (SSSR count). The second-order valence-electron chi connectivity index (χ2n) is 6.31. The van der Waals surface area contributed by atoms with Gasteiger partial charge in [-0.25, -0.2) is 10.2 Å². The van der Waals surface area contributed by atoms with Crippen LogP contribution in [0.5, 0.6) is 5.75 Å². The highest BCUT2D eigenvalue weighted by Crippen LogP contribution is 2.19. The summed E-state index contributed by atoms with van der Waals surface area (Å²) in [7, 11) is 0. The molecule has 0 saturated carbocycles. The summed E-state index contributed by atoms with van der Waals surface area (Å²) in [6.45, 7) is 0.247. The predicted molar refractivity (Wildman–Crippen MR) is 120 cm³/mol. The third kappa shape index (κ3) is 6.61. The maximum absolute atomic E-state index is 12.2. The van der Waals surface area contributed by atoms with Gasteiger partial charge in [0.25, 0.3) is 0 Å². The first-order valence-electron chi connectivity index (χ1n) is 9.25. The number of hydrogen-bond donors (Lipinski definition) is 2. The second kappa shape index (κ2) is 10.8. The van der Waals surface area contributed by atoms with Gasteiger partial charge in [0.15, 0.2) is 0 Å². The molecule has 2 N–H and O–H groups in total. The van der Waals surface area contributed by atoms with Crippen LogP contribution < -0.4 is 15.5 Å². The number of ether oxygens (including phenoxy) is 1. The number of nitrogens with one attached hydrogen (secondary N) is 2. The Kier molecular flexibility index (Phi) is 7.67. The van der Waals surface area contributed by atoms with E-state index >= 15 is 0 Å². The molecular formula is C23H18BrN3O4. The molecule has 0 aliphatic rings. The first-order valence-corrected chi connectivity index (χ1v) is 10.0. The van der Waals surface area contributed by atoms with Crippen LogP contribution in [0, 0.1) is 0 Å². The fraction of sp³-hybridized carbons (Fsp3) is 0.0435. The van der Waals surface area contributed by atoms with E-state index in [2.05, 4.69) is 31.8 Å². The van der Waals surface area contributed by atoms with Crippen LogP contribution in [-0.4, -0.2) is 24.0 Å². The second-order valence-corrected chi connectivity index (χ2v) is 7.16. The third-order valence-electron chi connectivity index (χ3n) is 4.07. The Morgan fingerprint density at radius 1 is 0.871 bits per heavy atom. The van der Waals surface area contributed by atoms with E-state index in [0.717, 1.165) is 5.56 Å². The zero-order valence-electron chi connectivity index (χ0n) is 16.2. The van der Waals surface area contributed by atoms with Crippen molar-refractivity contribution in [3.63, 3.8) is 0 Å². The van der Waals surface area contributed by atoms with E-state index in [1.165, 1.54) is 6.21 Å². The van der Waals surface area contributed by atoms with E-state index in [9.17, 15) is 14.4 Å². The summed E-state index contributed by atoms with van der Waals surface area (Å²) in [5.74, 6) is -1.77. The quantitative estimate of drug-likeness (QED) is 0.186. The highest BCUT2D eigenvalue weighted by molar-refractivity contribution is 9.10. The van der Waals surface area contributed by atoms with E-state index in [-0.39, 0.29) is 6.54 Å². The van der Waals surface area contributed by atoms with E-state index in [0.29, 0.717) is 21.3 Å². The zero-order chi connectivity index (χ0) is 22.1. The summed E-state index contributed by atoms with van der Waals surface area (Å²) in [6, 6.07) is 22.7. The van der Waals surface area contributed by atoms with Crippen LogP contribution in [0.25, 0.3) is 0 Å². The summed E-state index contributed by atoms with van der Waals surface area (Å²) in [5, 5.41) is 6.28. The van der Waals surface area contributed by atoms with Crippen molar-refractivity contribution in [3.05, 3.63) is 100 Å². The lowest BCUT2D eigenvalue weighted by Gasteiger charge is -2.06. The minimum absolute atomic E-state index is 0.247. The number of carbonyl (C=O) groups excluding carboxylic acids is 3. The number of rotatable bonds is 6. The van der Waals surface area contributed by atoms with Crippen LogP contribution in [0.1, 0.15) is 21.5 Å². The summed E-state index contributed by atoms with van der Waals surface area (Å²) < 4.78 is 5.98. The monoisotopic (exact) mass is 479 g/mol. The van der Waals surface area contributed by atoms with Gasteiger partial charge < -0.3 is 10.1 Å². The lowest BCUT2D eigenvalue weighted by Crippen LogP contribution is -2.37. The van der Waals surface area contributed by atoms with Crippen molar-refractivity contribution < 1.29 is 19.1 Å². The van der Waals surface area contributed by atoms with Gasteiger partial charge in [-0.2, -0.15) is 5.10 Å². The first-order chi connectivity index (χ1) is 15.0. The molecule has 7 nitrogen and oxygen atoms in total. The summed E-state index contributed by atoms with van der Waals surface area (Å²) in [5.41, 5.74) is 4.11. The highest BCUT2D eigenvalue weighted by Gasteiger charge is 2.12. The Morgan fingerprint density at radius 3 is 2.26 bits per heavy atom. The highest BCUT2D eigenvalue weighted by atomic mass is 79.9. The van der Waals surface area contributed by atoms with Crippen molar-refractivity contribution in [1.29, 1.82) is 0 Å². The van der Waals surface area contributed by atoms with E-state index in [1.54, 1.807) is 48.5 Å². The molecule has 31 heavy (non-hydrogen) atoms. The van der Waals surface area contributed by atoms with Crippen molar-refractivity contribution in [2.24, 2.45) is 5.10 Å². The van der Waals surface area contributed by atoms with E-state index in [1.807, 2.05) is 30.3 Å².